The van der Waals surface area contributed by atoms with Gasteiger partial charge in [-0.05, 0) is 37.9 Å². The maximum atomic E-state index is 5.89. The molecule has 4 nitrogen and oxygen atoms in total. The number of nitrogens with one attached hydrogen (secondary N) is 1. The molecule has 19 heavy (non-hydrogen) atoms. The second-order valence-corrected chi connectivity index (χ2v) is 4.92. The van der Waals surface area contributed by atoms with Crippen molar-refractivity contribution in [2.45, 2.75) is 45.4 Å². The van der Waals surface area contributed by atoms with Crippen LogP contribution >= 0.6 is 0 Å². The summed E-state index contributed by atoms with van der Waals surface area (Å²) < 4.78 is 11.2. The first-order valence-electron chi connectivity index (χ1n) is 7.23. The van der Waals surface area contributed by atoms with Crippen LogP contribution in [0.1, 0.15) is 37.6 Å². The molecule has 1 aromatic rings. The molecule has 1 N–H and O–H groups in total. The first kappa shape index (κ1) is 14.4. The monoisotopic (exact) mass is 264 g/mol. The Labute approximate surface area is 115 Å². The molecule has 0 atom stereocenters. The summed E-state index contributed by atoms with van der Waals surface area (Å²) in [4.78, 5) is 4.61. The van der Waals surface area contributed by atoms with Crippen LogP contribution in [0.15, 0.2) is 18.2 Å². The summed E-state index contributed by atoms with van der Waals surface area (Å²) >= 11 is 0. The van der Waals surface area contributed by atoms with Crippen molar-refractivity contribution >= 4 is 0 Å². The van der Waals surface area contributed by atoms with E-state index < -0.39 is 0 Å². The van der Waals surface area contributed by atoms with E-state index in [-0.39, 0.29) is 0 Å². The van der Waals surface area contributed by atoms with Crippen LogP contribution in [-0.4, -0.2) is 30.8 Å². The Hall–Kier alpha value is -0.970. The number of pyridine rings is 1. The Morgan fingerprint density at radius 2 is 2.11 bits per heavy atom. The number of nitrogens with zero attached hydrogens (tertiary/aromatic N) is 1. The van der Waals surface area contributed by atoms with Crippen LogP contribution in [0, 0.1) is 0 Å². The summed E-state index contributed by atoms with van der Waals surface area (Å²) in [6.45, 7) is 6.27. The van der Waals surface area contributed by atoms with Crippen molar-refractivity contribution in [2.75, 3.05) is 19.8 Å². The smallest absolute Gasteiger partial charge is 0.0891 e. The Morgan fingerprint density at radius 1 is 1.32 bits per heavy atom. The predicted octanol–water partition coefficient (Wildman–Crippen LogP) is 2.28. The number of hydrogen-bond acceptors (Lipinski definition) is 4. The molecule has 0 amide bonds. The number of aromatic nitrogens is 1. The van der Waals surface area contributed by atoms with Crippen molar-refractivity contribution in [3.05, 3.63) is 29.6 Å². The molecule has 1 aliphatic heterocycles. The zero-order valence-electron chi connectivity index (χ0n) is 11.7. The molecule has 0 bridgehead atoms. The van der Waals surface area contributed by atoms with Gasteiger partial charge < -0.3 is 14.8 Å². The normalized spacial score (nSPS) is 16.7. The van der Waals surface area contributed by atoms with E-state index in [0.717, 1.165) is 57.0 Å². The van der Waals surface area contributed by atoms with Crippen LogP contribution in [0.4, 0.5) is 0 Å². The second-order valence-electron chi connectivity index (χ2n) is 4.92. The molecule has 1 aliphatic rings. The lowest BCUT2D eigenvalue weighted by atomic mass is 10.1. The Kier molecular flexibility index (Phi) is 6.27. The van der Waals surface area contributed by atoms with Crippen molar-refractivity contribution in [1.82, 2.24) is 10.3 Å². The topological polar surface area (TPSA) is 43.4 Å². The third-order valence-corrected chi connectivity index (χ3v) is 3.23. The molecule has 2 rings (SSSR count). The van der Waals surface area contributed by atoms with E-state index >= 15 is 0 Å². The zero-order valence-corrected chi connectivity index (χ0v) is 11.7. The van der Waals surface area contributed by atoms with Gasteiger partial charge in [-0.1, -0.05) is 13.0 Å². The van der Waals surface area contributed by atoms with Crippen LogP contribution < -0.4 is 5.32 Å². The van der Waals surface area contributed by atoms with E-state index in [9.17, 15) is 0 Å². The number of rotatable bonds is 7. The molecule has 0 spiro atoms. The van der Waals surface area contributed by atoms with Gasteiger partial charge in [0.15, 0.2) is 0 Å². The quantitative estimate of drug-likeness (QED) is 0.767. The average molecular weight is 264 g/mol. The van der Waals surface area contributed by atoms with E-state index in [4.69, 9.17) is 9.47 Å². The Balaban J connectivity index is 1.77. The van der Waals surface area contributed by atoms with Crippen molar-refractivity contribution < 1.29 is 9.47 Å². The van der Waals surface area contributed by atoms with Gasteiger partial charge in [-0.25, -0.2) is 0 Å². The van der Waals surface area contributed by atoms with Gasteiger partial charge in [-0.3, -0.25) is 4.98 Å². The third-order valence-electron chi connectivity index (χ3n) is 3.23. The molecule has 2 heterocycles. The summed E-state index contributed by atoms with van der Waals surface area (Å²) in [5, 5.41) is 3.36. The molecular formula is C15H24N2O2. The second kappa shape index (κ2) is 8.25. The minimum atomic E-state index is 0.331. The fourth-order valence-corrected chi connectivity index (χ4v) is 2.15. The maximum absolute atomic E-state index is 5.89. The van der Waals surface area contributed by atoms with Crippen LogP contribution in [-0.2, 0) is 22.6 Å². The third kappa shape index (κ3) is 5.27. The van der Waals surface area contributed by atoms with Crippen LogP contribution in [0.5, 0.6) is 0 Å². The van der Waals surface area contributed by atoms with Crippen molar-refractivity contribution in [1.29, 1.82) is 0 Å². The summed E-state index contributed by atoms with van der Waals surface area (Å²) in [6, 6.07) is 6.14. The zero-order chi connectivity index (χ0) is 13.3. The van der Waals surface area contributed by atoms with Crippen LogP contribution in [0.2, 0.25) is 0 Å². The molecule has 0 unspecified atom stereocenters. The van der Waals surface area contributed by atoms with E-state index in [0.29, 0.717) is 12.7 Å². The maximum Gasteiger partial charge on any atom is 0.0891 e. The van der Waals surface area contributed by atoms with Crippen molar-refractivity contribution in [2.24, 2.45) is 0 Å². The summed E-state index contributed by atoms with van der Waals surface area (Å²) in [6.07, 6.45) is 3.47. The molecule has 0 aliphatic carbocycles. The van der Waals surface area contributed by atoms with Crippen LogP contribution in [0.25, 0.3) is 0 Å². The highest BCUT2D eigenvalue weighted by molar-refractivity contribution is 5.10. The molecular weight excluding hydrogens is 240 g/mol. The van der Waals surface area contributed by atoms with Crippen LogP contribution in [0.3, 0.4) is 0 Å². The van der Waals surface area contributed by atoms with Gasteiger partial charge in [-0.2, -0.15) is 0 Å². The van der Waals surface area contributed by atoms with Gasteiger partial charge in [0.25, 0.3) is 0 Å². The number of ether oxygens (including phenoxy) is 2. The highest BCUT2D eigenvalue weighted by atomic mass is 16.5. The lowest BCUT2D eigenvalue weighted by Gasteiger charge is -2.22. The van der Waals surface area contributed by atoms with Gasteiger partial charge in [0.2, 0.25) is 0 Å². The molecule has 4 heteroatoms. The Bertz CT molecular complexity index is 365. The minimum absolute atomic E-state index is 0.331. The SMILES string of the molecule is CCCNCc1cccc(COC2CCOCC2)n1. The van der Waals surface area contributed by atoms with E-state index in [1.165, 1.54) is 0 Å². The Morgan fingerprint density at radius 3 is 2.89 bits per heavy atom. The van der Waals surface area contributed by atoms with Gasteiger partial charge in [-0.15, -0.1) is 0 Å². The standard InChI is InChI=1S/C15H24N2O2/c1-2-8-16-11-13-4-3-5-14(17-13)12-19-15-6-9-18-10-7-15/h3-5,15-16H,2,6-12H2,1H3. The lowest BCUT2D eigenvalue weighted by molar-refractivity contribution is -0.0399. The molecule has 1 fully saturated rings. The van der Waals surface area contributed by atoms with Crippen molar-refractivity contribution in [3.63, 3.8) is 0 Å². The fraction of sp³-hybridized carbons (Fsp3) is 0.667. The highest BCUT2D eigenvalue weighted by Gasteiger charge is 2.14. The number of hydrogen-bond donors (Lipinski definition) is 1. The molecule has 0 aromatic carbocycles. The minimum Gasteiger partial charge on any atom is -0.381 e. The highest BCUT2D eigenvalue weighted by Crippen LogP contribution is 2.12. The first-order chi connectivity index (χ1) is 9.38. The van der Waals surface area contributed by atoms with E-state index in [1.54, 1.807) is 0 Å². The average Bonchev–Trinajstić information content (AvgIpc) is 2.47. The summed E-state index contributed by atoms with van der Waals surface area (Å²) in [5.74, 6) is 0. The lowest BCUT2D eigenvalue weighted by Crippen LogP contribution is -2.23. The first-order valence-corrected chi connectivity index (χ1v) is 7.23. The van der Waals surface area contributed by atoms with E-state index in [2.05, 4.69) is 29.4 Å². The molecule has 1 saturated heterocycles. The van der Waals surface area contributed by atoms with E-state index in [1.807, 2.05) is 6.07 Å². The van der Waals surface area contributed by atoms with Gasteiger partial charge in [0, 0.05) is 19.8 Å². The molecule has 0 saturated carbocycles. The molecule has 106 valence electrons. The molecule has 1 aromatic heterocycles. The van der Waals surface area contributed by atoms with Gasteiger partial charge in [0.1, 0.15) is 0 Å². The van der Waals surface area contributed by atoms with Crippen molar-refractivity contribution in [3.8, 4) is 0 Å². The largest absolute Gasteiger partial charge is 0.381 e. The summed E-state index contributed by atoms with van der Waals surface area (Å²) in [5.41, 5.74) is 2.10. The summed E-state index contributed by atoms with van der Waals surface area (Å²) in [7, 11) is 0. The molecule has 0 radical (unpaired) electrons. The van der Waals surface area contributed by atoms with Gasteiger partial charge in [0.05, 0.1) is 24.1 Å². The van der Waals surface area contributed by atoms with Gasteiger partial charge >= 0.3 is 0 Å². The fourth-order valence-electron chi connectivity index (χ4n) is 2.15. The predicted molar refractivity (Wildman–Crippen MR) is 74.9 cm³/mol.